The van der Waals surface area contributed by atoms with E-state index in [1.165, 1.54) is 19.3 Å². The van der Waals surface area contributed by atoms with Crippen molar-refractivity contribution in [2.45, 2.75) is 65.5 Å². The minimum atomic E-state index is -0.948. The molecule has 0 amide bonds. The van der Waals surface area contributed by atoms with Crippen molar-refractivity contribution in [3.63, 3.8) is 0 Å². The van der Waals surface area contributed by atoms with E-state index in [0.29, 0.717) is 18.6 Å². The van der Waals surface area contributed by atoms with Crippen LogP contribution in [0.1, 0.15) is 47.5 Å². The number of carbonyl (C=O) groups is 3. The first-order valence-electron chi connectivity index (χ1n) is 10.5. The van der Waals surface area contributed by atoms with E-state index in [1.54, 1.807) is 19.9 Å². The Bertz CT molecular complexity index is 829. The van der Waals surface area contributed by atoms with Crippen LogP contribution in [0.5, 0.6) is 0 Å². The van der Waals surface area contributed by atoms with E-state index < -0.39 is 35.9 Å². The van der Waals surface area contributed by atoms with Gasteiger partial charge in [0.1, 0.15) is 12.2 Å². The average molecular weight is 434 g/mol. The fourth-order valence-corrected chi connectivity index (χ4v) is 3.78. The summed E-state index contributed by atoms with van der Waals surface area (Å²) in [6.07, 6.45) is 4.19. The predicted molar refractivity (Wildman–Crippen MR) is 109 cm³/mol. The number of hydrogen-bond donors (Lipinski definition) is 0. The highest BCUT2D eigenvalue weighted by Gasteiger charge is 2.67. The molecule has 8 heteroatoms. The molecule has 0 bridgehead atoms. The first kappa shape index (κ1) is 23.1. The van der Waals surface area contributed by atoms with Gasteiger partial charge >= 0.3 is 17.9 Å². The molecule has 0 saturated carbocycles. The molecule has 170 valence electrons. The van der Waals surface area contributed by atoms with Gasteiger partial charge in [0.25, 0.3) is 6.29 Å². The van der Waals surface area contributed by atoms with Crippen LogP contribution in [0.15, 0.2) is 35.1 Å². The zero-order chi connectivity index (χ0) is 22.8. The smallest absolute Gasteiger partial charge is 0.333 e. The topological polar surface area (TPSA) is 101 Å². The van der Waals surface area contributed by atoms with Gasteiger partial charge in [0, 0.05) is 25.0 Å². The van der Waals surface area contributed by atoms with E-state index >= 15 is 0 Å². The van der Waals surface area contributed by atoms with Gasteiger partial charge in [0.15, 0.2) is 6.10 Å². The van der Waals surface area contributed by atoms with E-state index in [2.05, 4.69) is 0 Å². The number of epoxide rings is 1. The second-order valence-electron chi connectivity index (χ2n) is 8.56. The van der Waals surface area contributed by atoms with Crippen LogP contribution >= 0.6 is 0 Å². The van der Waals surface area contributed by atoms with Crippen LogP contribution in [0.4, 0.5) is 0 Å². The number of fused-ring (bicyclic) bond motifs is 2. The summed E-state index contributed by atoms with van der Waals surface area (Å²) in [4.78, 5) is 36.0. The number of hydrogen-bond acceptors (Lipinski definition) is 8. The Morgan fingerprint density at radius 2 is 1.97 bits per heavy atom. The Kier molecular flexibility index (Phi) is 6.89. The zero-order valence-corrected chi connectivity index (χ0v) is 18.6. The summed E-state index contributed by atoms with van der Waals surface area (Å²) in [5.41, 5.74) is 1.29. The molecule has 3 rings (SSSR count). The SMILES string of the molecule is CC[C@@H](C)CC(=O)O[C@H]1C=C2C(COC(C)=O)=CO[C@@H](OC(=O)C=C(C)C)[C@@H]2[C@@]12CO2. The second kappa shape index (κ2) is 9.26. The van der Waals surface area contributed by atoms with Crippen molar-refractivity contribution in [3.05, 3.63) is 35.1 Å². The summed E-state index contributed by atoms with van der Waals surface area (Å²) in [5, 5.41) is 0. The van der Waals surface area contributed by atoms with Crippen LogP contribution in [-0.2, 0) is 38.1 Å². The van der Waals surface area contributed by atoms with Crippen molar-refractivity contribution in [1.29, 1.82) is 0 Å². The largest absolute Gasteiger partial charge is 0.461 e. The lowest BCUT2D eigenvalue weighted by Crippen LogP contribution is -2.44. The first-order valence-corrected chi connectivity index (χ1v) is 10.5. The summed E-state index contributed by atoms with van der Waals surface area (Å²) in [6.45, 7) is 9.24. The zero-order valence-electron chi connectivity index (χ0n) is 18.6. The third kappa shape index (κ3) is 5.18. The molecule has 1 fully saturated rings. The van der Waals surface area contributed by atoms with Crippen LogP contribution in [0.25, 0.3) is 0 Å². The number of esters is 3. The Balaban J connectivity index is 1.84. The summed E-state index contributed by atoms with van der Waals surface area (Å²) in [7, 11) is 0. The summed E-state index contributed by atoms with van der Waals surface area (Å²) < 4.78 is 27.9. The van der Waals surface area contributed by atoms with Crippen LogP contribution in [-0.4, -0.2) is 49.1 Å². The quantitative estimate of drug-likeness (QED) is 0.249. The third-order valence-corrected chi connectivity index (χ3v) is 5.68. The summed E-state index contributed by atoms with van der Waals surface area (Å²) in [5.74, 6) is -1.56. The highest BCUT2D eigenvalue weighted by molar-refractivity contribution is 5.82. The molecule has 0 unspecified atom stereocenters. The maximum absolute atomic E-state index is 12.5. The van der Waals surface area contributed by atoms with Crippen molar-refractivity contribution in [2.75, 3.05) is 13.2 Å². The monoisotopic (exact) mass is 434 g/mol. The Labute approximate surface area is 182 Å². The molecule has 2 heterocycles. The van der Waals surface area contributed by atoms with Crippen molar-refractivity contribution in [2.24, 2.45) is 11.8 Å². The predicted octanol–water partition coefficient (Wildman–Crippen LogP) is 2.97. The molecule has 2 aliphatic heterocycles. The highest BCUT2D eigenvalue weighted by atomic mass is 16.7. The van der Waals surface area contributed by atoms with Gasteiger partial charge in [-0.25, -0.2) is 4.79 Å². The van der Waals surface area contributed by atoms with Crippen LogP contribution in [0.2, 0.25) is 0 Å². The maximum atomic E-state index is 12.5. The van der Waals surface area contributed by atoms with E-state index in [-0.39, 0.29) is 18.5 Å². The minimum absolute atomic E-state index is 0.00405. The van der Waals surface area contributed by atoms with Crippen molar-refractivity contribution in [1.82, 2.24) is 0 Å². The van der Waals surface area contributed by atoms with Gasteiger partial charge in [-0.1, -0.05) is 25.8 Å². The van der Waals surface area contributed by atoms with Gasteiger partial charge in [-0.15, -0.1) is 0 Å². The van der Waals surface area contributed by atoms with Crippen molar-refractivity contribution >= 4 is 17.9 Å². The van der Waals surface area contributed by atoms with E-state index in [1.807, 2.05) is 13.8 Å². The number of carbonyl (C=O) groups excluding carboxylic acids is 3. The van der Waals surface area contributed by atoms with Crippen LogP contribution in [0, 0.1) is 11.8 Å². The van der Waals surface area contributed by atoms with Gasteiger partial charge in [-0.3, -0.25) is 9.59 Å². The lowest BCUT2D eigenvalue weighted by atomic mass is 9.85. The molecule has 1 aliphatic carbocycles. The number of ether oxygens (including phenoxy) is 5. The molecule has 3 aliphatic rings. The second-order valence-corrected chi connectivity index (χ2v) is 8.56. The summed E-state index contributed by atoms with van der Waals surface area (Å²) >= 11 is 0. The molecular weight excluding hydrogens is 404 g/mol. The van der Waals surface area contributed by atoms with Crippen molar-refractivity contribution < 1.29 is 38.1 Å². The molecule has 0 N–H and O–H groups in total. The molecule has 0 aromatic carbocycles. The lowest BCUT2D eigenvalue weighted by molar-refractivity contribution is -0.180. The Hall–Kier alpha value is -2.61. The Morgan fingerprint density at radius 1 is 1.26 bits per heavy atom. The molecular formula is C23H30O8. The Morgan fingerprint density at radius 3 is 2.55 bits per heavy atom. The minimum Gasteiger partial charge on any atom is -0.461 e. The van der Waals surface area contributed by atoms with E-state index in [0.717, 1.165) is 17.6 Å². The molecule has 31 heavy (non-hydrogen) atoms. The van der Waals surface area contributed by atoms with Crippen molar-refractivity contribution in [3.8, 4) is 0 Å². The fourth-order valence-electron chi connectivity index (χ4n) is 3.78. The molecule has 5 atom stereocenters. The summed E-state index contributed by atoms with van der Waals surface area (Å²) in [6, 6.07) is 0. The maximum Gasteiger partial charge on any atom is 0.333 e. The van der Waals surface area contributed by atoms with Gasteiger partial charge in [0.2, 0.25) is 0 Å². The molecule has 0 aromatic heterocycles. The highest BCUT2D eigenvalue weighted by Crippen LogP contribution is 2.54. The average Bonchev–Trinajstić information content (AvgIpc) is 3.40. The third-order valence-electron chi connectivity index (χ3n) is 5.68. The fraction of sp³-hybridized carbons (Fsp3) is 0.609. The van der Waals surface area contributed by atoms with Gasteiger partial charge in [-0.2, -0.15) is 0 Å². The molecule has 0 aromatic rings. The first-order chi connectivity index (χ1) is 14.7. The lowest BCUT2D eigenvalue weighted by Gasteiger charge is -2.33. The molecule has 1 saturated heterocycles. The standard InChI is InChI=1S/C23H30O8/c1-6-14(4)8-20(26)30-18-9-17-16(10-27-15(5)24)11-28-22(21(17)23(18)12-29-23)31-19(25)7-13(2)3/h7,9,11,14,18,21-22H,6,8,10,12H2,1-5H3/t14-,18+,21-,22+,23-/m1/s1. The van der Waals surface area contributed by atoms with Gasteiger partial charge in [-0.05, 0) is 31.4 Å². The molecule has 8 nitrogen and oxygen atoms in total. The molecule has 0 radical (unpaired) electrons. The van der Waals surface area contributed by atoms with E-state index in [4.69, 9.17) is 23.7 Å². The normalized spacial score (nSPS) is 29.0. The van der Waals surface area contributed by atoms with E-state index in [9.17, 15) is 14.4 Å². The van der Waals surface area contributed by atoms with Crippen LogP contribution < -0.4 is 0 Å². The number of rotatable bonds is 8. The number of allylic oxidation sites excluding steroid dienone is 1. The van der Waals surface area contributed by atoms with Gasteiger partial charge in [0.05, 0.1) is 18.8 Å². The molecule has 1 spiro atoms. The van der Waals surface area contributed by atoms with Crippen LogP contribution in [0.3, 0.4) is 0 Å². The van der Waals surface area contributed by atoms with Gasteiger partial charge < -0.3 is 23.7 Å².